The molecule has 0 aliphatic heterocycles. The van der Waals surface area contributed by atoms with Gasteiger partial charge in [0, 0.05) is 5.56 Å². The first kappa shape index (κ1) is 8.28. The summed E-state index contributed by atoms with van der Waals surface area (Å²) in [7, 11) is 0. The second kappa shape index (κ2) is 3.59. The van der Waals surface area contributed by atoms with E-state index in [9.17, 15) is 4.79 Å². The Balaban J connectivity index is 2.45. The molecule has 6 nitrogen and oxygen atoms in total. The van der Waals surface area contributed by atoms with Gasteiger partial charge in [0.2, 0.25) is 11.9 Å². The second-order valence-corrected chi connectivity index (χ2v) is 2.49. The Labute approximate surface area is 78.7 Å². The Bertz CT molecular complexity index is 472. The van der Waals surface area contributed by atoms with E-state index < -0.39 is 0 Å². The van der Waals surface area contributed by atoms with E-state index >= 15 is 0 Å². The molecule has 14 heavy (non-hydrogen) atoms. The van der Waals surface area contributed by atoms with Gasteiger partial charge in [0.1, 0.15) is 0 Å². The molecule has 0 unspecified atom stereocenters. The second-order valence-electron chi connectivity index (χ2n) is 2.49. The molecule has 6 heteroatoms. The zero-order chi connectivity index (χ0) is 9.80. The summed E-state index contributed by atoms with van der Waals surface area (Å²) < 4.78 is 0. The van der Waals surface area contributed by atoms with E-state index in [2.05, 4.69) is 25.6 Å². The highest BCUT2D eigenvalue weighted by molar-refractivity contribution is 5.61. The van der Waals surface area contributed by atoms with Crippen molar-refractivity contribution in [2.24, 2.45) is 4.99 Å². The molecule has 2 rings (SSSR count). The summed E-state index contributed by atoms with van der Waals surface area (Å²) in [6, 6.07) is 6.92. The number of H-pyrrole nitrogens is 1. The van der Waals surface area contributed by atoms with Crippen molar-refractivity contribution in [3.05, 3.63) is 24.3 Å². The van der Waals surface area contributed by atoms with Crippen LogP contribution in [0.3, 0.4) is 0 Å². The number of aromatic amines is 1. The predicted octanol–water partition coefficient (Wildman–Crippen LogP) is 0.834. The summed E-state index contributed by atoms with van der Waals surface area (Å²) in [5.41, 5.74) is 1.26. The highest BCUT2D eigenvalue weighted by Gasteiger charge is 2.02. The number of tetrazole rings is 1. The quantitative estimate of drug-likeness (QED) is 0.557. The van der Waals surface area contributed by atoms with Crippen LogP contribution in [0.1, 0.15) is 0 Å². The molecule has 0 spiro atoms. The monoisotopic (exact) mass is 187 g/mol. The molecule has 0 atom stereocenters. The Kier molecular flexibility index (Phi) is 2.12. The standard InChI is InChI=1S/C8H5N5O/c14-5-9-7-3-1-2-6(4-7)8-10-12-13-11-8/h1-4H,(H,10,11,12,13). The van der Waals surface area contributed by atoms with Crippen molar-refractivity contribution in [1.82, 2.24) is 20.6 Å². The molecule has 0 aliphatic rings. The molecule has 0 saturated heterocycles. The third-order valence-electron chi connectivity index (χ3n) is 1.62. The Morgan fingerprint density at radius 3 is 3.07 bits per heavy atom. The summed E-state index contributed by atoms with van der Waals surface area (Å²) in [6.45, 7) is 0. The van der Waals surface area contributed by atoms with Crippen LogP contribution in [-0.2, 0) is 4.79 Å². The highest BCUT2D eigenvalue weighted by atomic mass is 16.1. The fourth-order valence-electron chi connectivity index (χ4n) is 1.05. The van der Waals surface area contributed by atoms with Crippen LogP contribution < -0.4 is 0 Å². The van der Waals surface area contributed by atoms with Gasteiger partial charge in [-0.2, -0.15) is 10.2 Å². The van der Waals surface area contributed by atoms with Gasteiger partial charge in [-0.15, -0.1) is 10.2 Å². The molecule has 1 aromatic heterocycles. The van der Waals surface area contributed by atoms with E-state index in [-0.39, 0.29) is 0 Å². The van der Waals surface area contributed by atoms with E-state index in [1.807, 2.05) is 0 Å². The number of rotatable bonds is 2. The van der Waals surface area contributed by atoms with Gasteiger partial charge in [-0.25, -0.2) is 4.79 Å². The van der Waals surface area contributed by atoms with Gasteiger partial charge in [-0.1, -0.05) is 12.1 Å². The average molecular weight is 187 g/mol. The van der Waals surface area contributed by atoms with Crippen molar-refractivity contribution in [3.8, 4) is 11.4 Å². The largest absolute Gasteiger partial charge is 0.240 e. The lowest BCUT2D eigenvalue weighted by atomic mass is 10.2. The van der Waals surface area contributed by atoms with Crippen molar-refractivity contribution in [3.63, 3.8) is 0 Å². The Morgan fingerprint density at radius 2 is 2.36 bits per heavy atom. The number of nitrogens with one attached hydrogen (secondary N) is 1. The summed E-state index contributed by atoms with van der Waals surface area (Å²) in [6.07, 6.45) is 1.47. The van der Waals surface area contributed by atoms with Gasteiger partial charge in [0.05, 0.1) is 5.69 Å². The number of nitrogens with zero attached hydrogens (tertiary/aromatic N) is 4. The SMILES string of the molecule is O=C=Nc1cccc(-c2nn[nH]n2)c1. The molecule has 0 fully saturated rings. The van der Waals surface area contributed by atoms with Crippen LogP contribution in [0.4, 0.5) is 5.69 Å². The molecule has 1 N–H and O–H groups in total. The van der Waals surface area contributed by atoms with E-state index in [0.717, 1.165) is 5.56 Å². The lowest BCUT2D eigenvalue weighted by molar-refractivity contribution is 0.565. The number of hydrogen-bond acceptors (Lipinski definition) is 5. The van der Waals surface area contributed by atoms with Crippen LogP contribution in [0.15, 0.2) is 29.3 Å². The maximum atomic E-state index is 10.0. The number of aromatic nitrogens is 4. The first-order valence-corrected chi connectivity index (χ1v) is 3.82. The van der Waals surface area contributed by atoms with E-state index in [1.165, 1.54) is 6.08 Å². The lowest BCUT2D eigenvalue weighted by Gasteiger charge is -1.94. The van der Waals surface area contributed by atoms with E-state index in [4.69, 9.17) is 0 Å². The number of hydrogen-bond donors (Lipinski definition) is 1. The van der Waals surface area contributed by atoms with Crippen molar-refractivity contribution >= 4 is 11.8 Å². The van der Waals surface area contributed by atoms with Crippen LogP contribution >= 0.6 is 0 Å². The molecule has 0 saturated carbocycles. The van der Waals surface area contributed by atoms with Crippen molar-refractivity contribution < 1.29 is 4.79 Å². The molecular formula is C8H5N5O. The molecule has 0 radical (unpaired) electrons. The number of benzene rings is 1. The predicted molar refractivity (Wildman–Crippen MR) is 47.4 cm³/mol. The van der Waals surface area contributed by atoms with E-state index in [0.29, 0.717) is 11.5 Å². The molecular weight excluding hydrogens is 182 g/mol. The van der Waals surface area contributed by atoms with Crippen LogP contribution in [0, 0.1) is 0 Å². The first-order chi connectivity index (χ1) is 6.90. The minimum absolute atomic E-state index is 0.466. The van der Waals surface area contributed by atoms with Crippen molar-refractivity contribution in [1.29, 1.82) is 0 Å². The third-order valence-corrected chi connectivity index (χ3v) is 1.62. The van der Waals surface area contributed by atoms with Crippen molar-refractivity contribution in [2.75, 3.05) is 0 Å². The average Bonchev–Trinajstić information content (AvgIpc) is 2.71. The molecule has 0 bridgehead atoms. The summed E-state index contributed by atoms with van der Waals surface area (Å²) in [4.78, 5) is 13.5. The fraction of sp³-hybridized carbons (Fsp3) is 0. The van der Waals surface area contributed by atoms with Gasteiger partial charge in [-0.3, -0.25) is 0 Å². The molecule has 0 amide bonds. The van der Waals surface area contributed by atoms with Crippen LogP contribution in [0.5, 0.6) is 0 Å². The first-order valence-electron chi connectivity index (χ1n) is 3.82. The van der Waals surface area contributed by atoms with Gasteiger partial charge < -0.3 is 0 Å². The molecule has 2 aromatic rings. The van der Waals surface area contributed by atoms with E-state index in [1.54, 1.807) is 24.3 Å². The summed E-state index contributed by atoms with van der Waals surface area (Å²) in [5.74, 6) is 0.466. The minimum atomic E-state index is 0.466. The maximum absolute atomic E-state index is 10.0. The van der Waals surface area contributed by atoms with Crippen LogP contribution in [0.25, 0.3) is 11.4 Å². The number of aliphatic imine (C=N–C) groups is 1. The van der Waals surface area contributed by atoms with Gasteiger partial charge in [0.15, 0.2) is 0 Å². The zero-order valence-electron chi connectivity index (χ0n) is 7.01. The smallest absolute Gasteiger partial charge is 0.211 e. The Hall–Kier alpha value is -2.33. The third kappa shape index (κ3) is 1.55. The normalized spacial score (nSPS) is 9.43. The number of carbonyl (C=O) groups excluding carboxylic acids is 1. The zero-order valence-corrected chi connectivity index (χ0v) is 7.01. The lowest BCUT2D eigenvalue weighted by Crippen LogP contribution is -1.79. The summed E-state index contributed by atoms with van der Waals surface area (Å²) in [5, 5.41) is 13.4. The number of isocyanates is 1. The fourth-order valence-corrected chi connectivity index (χ4v) is 1.05. The highest BCUT2D eigenvalue weighted by Crippen LogP contribution is 2.19. The molecule has 68 valence electrons. The molecule has 1 aromatic carbocycles. The molecule has 0 aliphatic carbocycles. The molecule has 1 heterocycles. The topological polar surface area (TPSA) is 83.9 Å². The van der Waals surface area contributed by atoms with Gasteiger partial charge in [-0.05, 0) is 17.3 Å². The Morgan fingerprint density at radius 1 is 1.43 bits per heavy atom. The van der Waals surface area contributed by atoms with Crippen LogP contribution in [0.2, 0.25) is 0 Å². The summed E-state index contributed by atoms with van der Waals surface area (Å²) >= 11 is 0. The van der Waals surface area contributed by atoms with Crippen LogP contribution in [-0.4, -0.2) is 26.7 Å². The van der Waals surface area contributed by atoms with Gasteiger partial charge >= 0.3 is 0 Å². The maximum Gasteiger partial charge on any atom is 0.240 e. The minimum Gasteiger partial charge on any atom is -0.211 e. The van der Waals surface area contributed by atoms with Gasteiger partial charge in [0.25, 0.3) is 0 Å². The van der Waals surface area contributed by atoms with Crippen molar-refractivity contribution in [2.45, 2.75) is 0 Å².